The van der Waals surface area contributed by atoms with Crippen LogP contribution in [-0.4, -0.2) is 28.2 Å². The van der Waals surface area contributed by atoms with Gasteiger partial charge in [0, 0.05) is 22.2 Å². The summed E-state index contributed by atoms with van der Waals surface area (Å²) < 4.78 is 0. The van der Waals surface area contributed by atoms with Crippen LogP contribution in [0.1, 0.15) is 10.5 Å². The standard InChI is InChI=1S/C13H13ClN4OS/c14-9-1-3-10(4-2-9)20-6-5-17-12-8-16-7-11(18-12)13(15)19/h1-4,7-8H,5-6H2,(H2,15,19)(H,17,18). The Balaban J connectivity index is 1.79. The molecule has 0 spiro atoms. The predicted octanol–water partition coefficient (Wildman–Crippen LogP) is 2.43. The molecule has 0 atom stereocenters. The third-order valence-corrected chi connectivity index (χ3v) is 3.64. The molecule has 0 fully saturated rings. The monoisotopic (exact) mass is 308 g/mol. The van der Waals surface area contributed by atoms with Crippen LogP contribution < -0.4 is 11.1 Å². The number of nitrogens with two attached hydrogens (primary N) is 1. The van der Waals surface area contributed by atoms with E-state index in [-0.39, 0.29) is 5.69 Å². The van der Waals surface area contributed by atoms with Gasteiger partial charge >= 0.3 is 0 Å². The van der Waals surface area contributed by atoms with Crippen molar-refractivity contribution in [3.8, 4) is 0 Å². The first kappa shape index (κ1) is 14.6. The maximum absolute atomic E-state index is 11.0. The summed E-state index contributed by atoms with van der Waals surface area (Å²) in [5.74, 6) is 0.805. The van der Waals surface area contributed by atoms with Crippen molar-refractivity contribution in [1.82, 2.24) is 9.97 Å². The van der Waals surface area contributed by atoms with Crippen LogP contribution in [0, 0.1) is 0 Å². The highest BCUT2D eigenvalue weighted by Gasteiger charge is 2.03. The summed E-state index contributed by atoms with van der Waals surface area (Å²) in [6, 6.07) is 7.67. The fraction of sp³-hybridized carbons (Fsp3) is 0.154. The molecule has 0 unspecified atom stereocenters. The molecule has 0 saturated carbocycles. The molecule has 1 aromatic heterocycles. The van der Waals surface area contributed by atoms with Crippen molar-refractivity contribution < 1.29 is 4.79 Å². The van der Waals surface area contributed by atoms with E-state index >= 15 is 0 Å². The molecule has 1 aromatic carbocycles. The summed E-state index contributed by atoms with van der Waals surface area (Å²) in [5, 5.41) is 3.82. The average molecular weight is 309 g/mol. The second-order valence-corrected chi connectivity index (χ2v) is 5.49. The van der Waals surface area contributed by atoms with Gasteiger partial charge in [-0.05, 0) is 24.3 Å². The molecule has 2 rings (SSSR count). The Morgan fingerprint density at radius 3 is 2.75 bits per heavy atom. The molecule has 7 heteroatoms. The van der Waals surface area contributed by atoms with Crippen molar-refractivity contribution in [3.63, 3.8) is 0 Å². The van der Waals surface area contributed by atoms with E-state index in [0.717, 1.165) is 15.7 Å². The Hall–Kier alpha value is -1.79. The number of rotatable bonds is 6. The number of carbonyl (C=O) groups excluding carboxylic acids is 1. The van der Waals surface area contributed by atoms with Crippen LogP contribution in [0.4, 0.5) is 5.82 Å². The Labute approximate surface area is 126 Å². The average Bonchev–Trinajstić information content (AvgIpc) is 2.46. The van der Waals surface area contributed by atoms with Crippen LogP contribution in [0.2, 0.25) is 5.02 Å². The van der Waals surface area contributed by atoms with Crippen LogP contribution in [0.3, 0.4) is 0 Å². The minimum atomic E-state index is -0.586. The fourth-order valence-corrected chi connectivity index (χ4v) is 2.34. The molecular weight excluding hydrogens is 296 g/mol. The fourth-order valence-electron chi connectivity index (χ4n) is 1.45. The molecule has 1 amide bonds. The van der Waals surface area contributed by atoms with E-state index in [1.165, 1.54) is 6.20 Å². The van der Waals surface area contributed by atoms with E-state index < -0.39 is 5.91 Å². The van der Waals surface area contributed by atoms with Crippen molar-refractivity contribution in [3.05, 3.63) is 47.4 Å². The third kappa shape index (κ3) is 4.40. The number of aromatic nitrogens is 2. The number of carbonyl (C=O) groups is 1. The lowest BCUT2D eigenvalue weighted by atomic mass is 10.4. The van der Waals surface area contributed by atoms with Crippen LogP contribution >= 0.6 is 23.4 Å². The van der Waals surface area contributed by atoms with Crippen molar-refractivity contribution in [2.75, 3.05) is 17.6 Å². The number of nitrogens with zero attached hydrogens (tertiary/aromatic N) is 2. The van der Waals surface area contributed by atoms with Gasteiger partial charge in [0.15, 0.2) is 0 Å². The van der Waals surface area contributed by atoms with E-state index in [0.29, 0.717) is 12.4 Å². The molecule has 0 radical (unpaired) electrons. The normalized spacial score (nSPS) is 10.2. The van der Waals surface area contributed by atoms with Crippen molar-refractivity contribution in [2.24, 2.45) is 5.73 Å². The number of hydrogen-bond donors (Lipinski definition) is 2. The Morgan fingerprint density at radius 1 is 1.30 bits per heavy atom. The lowest BCUT2D eigenvalue weighted by Gasteiger charge is -2.06. The molecule has 3 N–H and O–H groups in total. The lowest BCUT2D eigenvalue weighted by molar-refractivity contribution is 0.0995. The number of hydrogen-bond acceptors (Lipinski definition) is 5. The summed E-state index contributed by atoms with van der Waals surface area (Å²) >= 11 is 7.52. The Morgan fingerprint density at radius 2 is 2.05 bits per heavy atom. The number of thioether (sulfide) groups is 1. The van der Waals surface area contributed by atoms with Gasteiger partial charge in [0.05, 0.1) is 12.4 Å². The highest BCUT2D eigenvalue weighted by molar-refractivity contribution is 7.99. The molecular formula is C13H13ClN4OS. The smallest absolute Gasteiger partial charge is 0.268 e. The largest absolute Gasteiger partial charge is 0.368 e. The number of anilines is 1. The van der Waals surface area contributed by atoms with E-state index in [1.54, 1.807) is 18.0 Å². The molecule has 104 valence electrons. The van der Waals surface area contributed by atoms with Crippen LogP contribution in [-0.2, 0) is 0 Å². The van der Waals surface area contributed by atoms with Crippen molar-refractivity contribution >= 4 is 35.1 Å². The van der Waals surface area contributed by atoms with Gasteiger partial charge in [-0.1, -0.05) is 11.6 Å². The second kappa shape index (κ2) is 7.12. The Bertz CT molecular complexity index is 591. The number of benzene rings is 1. The summed E-state index contributed by atoms with van der Waals surface area (Å²) in [7, 11) is 0. The van der Waals surface area contributed by atoms with Crippen LogP contribution in [0.5, 0.6) is 0 Å². The topological polar surface area (TPSA) is 80.9 Å². The number of primary amides is 1. The van der Waals surface area contributed by atoms with Gasteiger partial charge in [-0.3, -0.25) is 9.78 Å². The molecule has 0 saturated heterocycles. The van der Waals surface area contributed by atoms with Gasteiger partial charge < -0.3 is 11.1 Å². The second-order valence-electron chi connectivity index (χ2n) is 3.88. The first-order chi connectivity index (χ1) is 9.65. The van der Waals surface area contributed by atoms with Crippen molar-refractivity contribution in [1.29, 1.82) is 0 Å². The van der Waals surface area contributed by atoms with E-state index in [9.17, 15) is 4.79 Å². The van der Waals surface area contributed by atoms with E-state index in [4.69, 9.17) is 17.3 Å². The number of nitrogens with one attached hydrogen (secondary N) is 1. The molecule has 2 aromatic rings. The highest BCUT2D eigenvalue weighted by atomic mass is 35.5. The first-order valence-electron chi connectivity index (χ1n) is 5.89. The van der Waals surface area contributed by atoms with Gasteiger partial charge in [0.1, 0.15) is 11.5 Å². The maximum atomic E-state index is 11.0. The quantitative estimate of drug-likeness (QED) is 0.633. The van der Waals surface area contributed by atoms with Gasteiger partial charge in [-0.15, -0.1) is 11.8 Å². The predicted molar refractivity (Wildman–Crippen MR) is 81.2 cm³/mol. The van der Waals surface area contributed by atoms with Gasteiger partial charge in [0.25, 0.3) is 5.91 Å². The third-order valence-electron chi connectivity index (χ3n) is 2.38. The summed E-state index contributed by atoms with van der Waals surface area (Å²) in [6.07, 6.45) is 2.90. The van der Waals surface area contributed by atoms with E-state index in [1.807, 2.05) is 24.3 Å². The highest BCUT2D eigenvalue weighted by Crippen LogP contribution is 2.19. The Kier molecular flexibility index (Phi) is 5.20. The van der Waals surface area contributed by atoms with Crippen LogP contribution in [0.25, 0.3) is 0 Å². The minimum absolute atomic E-state index is 0.153. The van der Waals surface area contributed by atoms with Gasteiger partial charge in [-0.25, -0.2) is 4.98 Å². The molecule has 0 aliphatic rings. The van der Waals surface area contributed by atoms with Crippen molar-refractivity contribution in [2.45, 2.75) is 4.90 Å². The van der Waals surface area contributed by atoms with Gasteiger partial charge in [-0.2, -0.15) is 0 Å². The zero-order valence-corrected chi connectivity index (χ0v) is 12.1. The summed E-state index contributed by atoms with van der Waals surface area (Å²) in [5.41, 5.74) is 5.29. The molecule has 1 heterocycles. The molecule has 5 nitrogen and oxygen atoms in total. The summed E-state index contributed by atoms with van der Waals surface area (Å²) in [6.45, 7) is 0.699. The zero-order chi connectivity index (χ0) is 14.4. The van der Waals surface area contributed by atoms with E-state index in [2.05, 4.69) is 15.3 Å². The SMILES string of the molecule is NC(=O)c1cncc(NCCSc2ccc(Cl)cc2)n1. The zero-order valence-electron chi connectivity index (χ0n) is 10.5. The molecule has 0 aliphatic carbocycles. The molecule has 0 bridgehead atoms. The number of amides is 1. The minimum Gasteiger partial charge on any atom is -0.368 e. The molecule has 20 heavy (non-hydrogen) atoms. The lowest BCUT2D eigenvalue weighted by Crippen LogP contribution is -2.15. The maximum Gasteiger partial charge on any atom is 0.268 e. The summed E-state index contributed by atoms with van der Waals surface area (Å²) in [4.78, 5) is 20.1. The van der Waals surface area contributed by atoms with Crippen LogP contribution in [0.15, 0.2) is 41.6 Å². The number of halogens is 1. The van der Waals surface area contributed by atoms with Gasteiger partial charge in [0.2, 0.25) is 0 Å². The molecule has 0 aliphatic heterocycles. The first-order valence-corrected chi connectivity index (χ1v) is 7.25.